The summed E-state index contributed by atoms with van der Waals surface area (Å²) >= 11 is 0. The number of rotatable bonds is 5. The molecule has 0 amide bonds. The van der Waals surface area contributed by atoms with Gasteiger partial charge in [-0.25, -0.2) is 18.2 Å². The lowest BCUT2D eigenvalue weighted by molar-refractivity contribution is 0.0594. The van der Waals surface area contributed by atoms with Crippen molar-refractivity contribution < 1.29 is 17.9 Å². The molecule has 0 aliphatic heterocycles. The zero-order valence-corrected chi connectivity index (χ0v) is 12.1. The van der Waals surface area contributed by atoms with Gasteiger partial charge in [0.15, 0.2) is 0 Å². The van der Waals surface area contributed by atoms with Crippen LogP contribution < -0.4 is 4.72 Å². The van der Waals surface area contributed by atoms with Crippen molar-refractivity contribution in [2.45, 2.75) is 5.75 Å². The van der Waals surface area contributed by atoms with E-state index in [4.69, 9.17) is 0 Å². The molecule has 0 atom stereocenters. The minimum Gasteiger partial charge on any atom is -0.464 e. The van der Waals surface area contributed by atoms with Crippen LogP contribution in [0.4, 0.5) is 5.69 Å². The molecular weight excluding hydrogens is 292 g/mol. The lowest BCUT2D eigenvalue weighted by Gasteiger charge is -2.08. The van der Waals surface area contributed by atoms with E-state index in [1.165, 1.54) is 25.4 Å². The van der Waals surface area contributed by atoms with Crippen LogP contribution in [0.3, 0.4) is 0 Å². The number of hydrogen-bond donors (Lipinski definition) is 1. The highest BCUT2D eigenvalue weighted by atomic mass is 32.2. The maximum atomic E-state index is 12.1. The standard InChI is InChI=1S/C14H14N2O4S/c1-20-14(17)13-9-12(7-8-15-13)16-21(18,19)10-11-5-3-2-4-6-11/h2-9H,10H2,1H3,(H,15,16). The fourth-order valence-corrected chi connectivity index (χ4v) is 2.91. The van der Waals surface area contributed by atoms with Crippen molar-refractivity contribution in [2.75, 3.05) is 11.8 Å². The summed E-state index contributed by atoms with van der Waals surface area (Å²) in [5.74, 6) is -0.775. The van der Waals surface area contributed by atoms with E-state index in [1.54, 1.807) is 24.3 Å². The third-order valence-electron chi connectivity index (χ3n) is 2.63. The fourth-order valence-electron chi connectivity index (χ4n) is 1.72. The highest BCUT2D eigenvalue weighted by Crippen LogP contribution is 2.13. The van der Waals surface area contributed by atoms with Crippen LogP contribution in [-0.4, -0.2) is 26.5 Å². The van der Waals surface area contributed by atoms with E-state index < -0.39 is 16.0 Å². The number of anilines is 1. The summed E-state index contributed by atoms with van der Waals surface area (Å²) in [6.45, 7) is 0. The summed E-state index contributed by atoms with van der Waals surface area (Å²) in [6, 6.07) is 11.6. The van der Waals surface area contributed by atoms with Gasteiger partial charge in [0.05, 0.1) is 18.6 Å². The molecular formula is C14H14N2O4S. The molecule has 1 heterocycles. The predicted octanol–water partition coefficient (Wildman–Crippen LogP) is 1.81. The number of carbonyl (C=O) groups excluding carboxylic acids is 1. The van der Waals surface area contributed by atoms with Crippen LogP contribution in [-0.2, 0) is 20.5 Å². The van der Waals surface area contributed by atoms with Gasteiger partial charge in [0.25, 0.3) is 0 Å². The highest BCUT2D eigenvalue weighted by Gasteiger charge is 2.13. The van der Waals surface area contributed by atoms with E-state index in [2.05, 4.69) is 14.4 Å². The topological polar surface area (TPSA) is 85.4 Å². The maximum absolute atomic E-state index is 12.1. The first-order valence-corrected chi connectivity index (χ1v) is 7.74. The molecule has 0 unspecified atom stereocenters. The Morgan fingerprint density at radius 1 is 1.24 bits per heavy atom. The molecule has 1 aromatic carbocycles. The van der Waals surface area contributed by atoms with Crippen LogP contribution in [0.25, 0.3) is 0 Å². The number of esters is 1. The number of ether oxygens (including phenoxy) is 1. The molecule has 0 fully saturated rings. The zero-order valence-electron chi connectivity index (χ0n) is 11.3. The van der Waals surface area contributed by atoms with Crippen molar-refractivity contribution in [1.29, 1.82) is 0 Å². The number of pyridine rings is 1. The Kier molecular flexibility index (Phi) is 4.54. The third-order valence-corrected chi connectivity index (χ3v) is 3.89. The van der Waals surface area contributed by atoms with Crippen LogP contribution in [0, 0.1) is 0 Å². The van der Waals surface area contributed by atoms with Gasteiger partial charge in [-0.05, 0) is 17.7 Å². The first-order chi connectivity index (χ1) is 10.00. The molecule has 0 bridgehead atoms. The van der Waals surface area contributed by atoms with Crippen LogP contribution in [0.5, 0.6) is 0 Å². The molecule has 6 nitrogen and oxygen atoms in total. The average Bonchev–Trinajstić information content (AvgIpc) is 2.46. The van der Waals surface area contributed by atoms with Crippen molar-refractivity contribution in [3.63, 3.8) is 0 Å². The second-order valence-electron chi connectivity index (χ2n) is 4.27. The smallest absolute Gasteiger partial charge is 0.356 e. The number of aromatic nitrogens is 1. The SMILES string of the molecule is COC(=O)c1cc(NS(=O)(=O)Cc2ccccc2)ccn1. The molecule has 1 aromatic heterocycles. The second-order valence-corrected chi connectivity index (χ2v) is 5.99. The molecule has 0 saturated heterocycles. The Morgan fingerprint density at radius 3 is 2.62 bits per heavy atom. The number of methoxy groups -OCH3 is 1. The molecule has 0 spiro atoms. The molecule has 1 N–H and O–H groups in total. The van der Waals surface area contributed by atoms with Gasteiger partial charge >= 0.3 is 5.97 Å². The van der Waals surface area contributed by atoms with Crippen LogP contribution in [0.15, 0.2) is 48.7 Å². The monoisotopic (exact) mass is 306 g/mol. The number of hydrogen-bond acceptors (Lipinski definition) is 5. The van der Waals surface area contributed by atoms with Gasteiger partial charge in [-0.2, -0.15) is 0 Å². The Hall–Kier alpha value is -2.41. The van der Waals surface area contributed by atoms with E-state index in [1.807, 2.05) is 6.07 Å². The number of nitrogens with one attached hydrogen (secondary N) is 1. The summed E-state index contributed by atoms with van der Waals surface area (Å²) < 4.78 is 31.1. The average molecular weight is 306 g/mol. The minimum absolute atomic E-state index is 0.0393. The Morgan fingerprint density at radius 2 is 1.95 bits per heavy atom. The van der Waals surface area contributed by atoms with Crippen molar-refractivity contribution in [1.82, 2.24) is 4.98 Å². The second kappa shape index (κ2) is 6.36. The number of nitrogens with zero attached hydrogens (tertiary/aromatic N) is 1. The quantitative estimate of drug-likeness (QED) is 0.851. The molecule has 2 rings (SSSR count). The largest absolute Gasteiger partial charge is 0.464 e. The number of benzene rings is 1. The van der Waals surface area contributed by atoms with Gasteiger partial charge in [-0.15, -0.1) is 0 Å². The highest BCUT2D eigenvalue weighted by molar-refractivity contribution is 7.91. The summed E-state index contributed by atoms with van der Waals surface area (Å²) in [5, 5.41) is 0. The molecule has 0 saturated carbocycles. The maximum Gasteiger partial charge on any atom is 0.356 e. The summed E-state index contributed by atoms with van der Waals surface area (Å²) in [4.78, 5) is 15.2. The van der Waals surface area contributed by atoms with Crippen molar-refractivity contribution >= 4 is 21.7 Å². The zero-order chi connectivity index (χ0) is 15.3. The Balaban J connectivity index is 2.15. The van der Waals surface area contributed by atoms with Gasteiger partial charge in [-0.3, -0.25) is 4.72 Å². The van der Waals surface area contributed by atoms with Gasteiger partial charge in [0.1, 0.15) is 5.69 Å². The molecule has 7 heteroatoms. The summed E-state index contributed by atoms with van der Waals surface area (Å²) in [5.41, 5.74) is 0.978. The molecule has 0 aliphatic carbocycles. The Bertz CT molecular complexity index is 730. The normalized spacial score (nSPS) is 10.9. The Labute approximate surface area is 122 Å². The van der Waals surface area contributed by atoms with Crippen LogP contribution in [0.2, 0.25) is 0 Å². The molecule has 0 radical (unpaired) electrons. The van der Waals surface area contributed by atoms with E-state index in [-0.39, 0.29) is 17.1 Å². The number of sulfonamides is 1. The van der Waals surface area contributed by atoms with E-state index in [0.29, 0.717) is 5.56 Å². The minimum atomic E-state index is -3.57. The van der Waals surface area contributed by atoms with Gasteiger partial charge in [-0.1, -0.05) is 30.3 Å². The first kappa shape index (κ1) is 15.0. The predicted molar refractivity (Wildman–Crippen MR) is 78.3 cm³/mol. The van der Waals surface area contributed by atoms with Crippen molar-refractivity contribution in [3.05, 3.63) is 59.9 Å². The van der Waals surface area contributed by atoms with Crippen LogP contribution in [0.1, 0.15) is 16.1 Å². The van der Waals surface area contributed by atoms with E-state index in [0.717, 1.165) is 0 Å². The van der Waals surface area contributed by atoms with Crippen LogP contribution >= 0.6 is 0 Å². The molecule has 21 heavy (non-hydrogen) atoms. The van der Waals surface area contributed by atoms with E-state index in [9.17, 15) is 13.2 Å². The van der Waals surface area contributed by atoms with E-state index >= 15 is 0 Å². The van der Waals surface area contributed by atoms with Gasteiger partial charge in [0.2, 0.25) is 10.0 Å². The number of carbonyl (C=O) groups is 1. The fraction of sp³-hybridized carbons (Fsp3) is 0.143. The third kappa shape index (κ3) is 4.28. The summed E-state index contributed by atoms with van der Waals surface area (Å²) in [6.07, 6.45) is 1.34. The molecule has 2 aromatic rings. The van der Waals surface area contributed by atoms with Gasteiger partial charge in [0, 0.05) is 6.20 Å². The first-order valence-electron chi connectivity index (χ1n) is 6.09. The molecule has 0 aliphatic rings. The molecule has 110 valence electrons. The summed E-state index contributed by atoms with van der Waals surface area (Å²) in [7, 11) is -2.33. The van der Waals surface area contributed by atoms with Gasteiger partial charge < -0.3 is 4.74 Å². The lowest BCUT2D eigenvalue weighted by Crippen LogP contribution is -2.15. The van der Waals surface area contributed by atoms with Crippen molar-refractivity contribution in [3.8, 4) is 0 Å². The van der Waals surface area contributed by atoms with Crippen molar-refractivity contribution in [2.24, 2.45) is 0 Å². The lowest BCUT2D eigenvalue weighted by atomic mass is 10.2.